The first kappa shape index (κ1) is 14.5. The van der Waals surface area contributed by atoms with Crippen molar-refractivity contribution in [1.29, 1.82) is 0 Å². The Kier molecular flexibility index (Phi) is 4.09. The van der Waals surface area contributed by atoms with Gasteiger partial charge < -0.3 is 0 Å². The van der Waals surface area contributed by atoms with E-state index in [-0.39, 0.29) is 0 Å². The van der Waals surface area contributed by atoms with E-state index in [1.54, 1.807) is 25.1 Å². The maximum atomic E-state index is 12.8. The Morgan fingerprint density at radius 3 is 2.10 bits per heavy atom. The van der Waals surface area contributed by atoms with E-state index in [2.05, 4.69) is 0 Å². The van der Waals surface area contributed by atoms with Gasteiger partial charge in [0.15, 0.2) is 0 Å². The van der Waals surface area contributed by atoms with E-state index >= 15 is 0 Å². The summed E-state index contributed by atoms with van der Waals surface area (Å²) in [4.78, 5) is 0.693. The smallest absolute Gasteiger partial charge is 0.206 e. The summed E-state index contributed by atoms with van der Waals surface area (Å²) in [6, 6.07) is 14.5. The summed E-state index contributed by atoms with van der Waals surface area (Å²) in [5.41, 5.74) is 2.76. The highest BCUT2D eigenvalue weighted by molar-refractivity contribution is 8.00. The van der Waals surface area contributed by atoms with Gasteiger partial charge in [0.2, 0.25) is 9.84 Å². The summed E-state index contributed by atoms with van der Waals surface area (Å²) >= 11 is 0. The van der Waals surface area contributed by atoms with Crippen molar-refractivity contribution in [3.05, 3.63) is 71.3 Å². The average Bonchev–Trinajstić information content (AvgIpc) is 2.42. The SMILES string of the molecule is C/C=C(/c1ccccc1C)S(=O)(=O)c1ccc(C)cc1. The fraction of sp³-hybridized carbons (Fsp3) is 0.176. The first-order chi connectivity index (χ1) is 9.46. The van der Waals surface area contributed by atoms with Crippen LogP contribution in [0.4, 0.5) is 0 Å². The van der Waals surface area contributed by atoms with Crippen LogP contribution >= 0.6 is 0 Å². The van der Waals surface area contributed by atoms with Crippen LogP contribution in [0.5, 0.6) is 0 Å². The Bertz CT molecular complexity index is 739. The Balaban J connectivity index is 2.58. The molecule has 2 aromatic rings. The summed E-state index contributed by atoms with van der Waals surface area (Å²) in [5.74, 6) is 0. The zero-order valence-corrected chi connectivity index (χ0v) is 12.7. The number of aryl methyl sites for hydroxylation is 2. The number of sulfone groups is 1. The van der Waals surface area contributed by atoms with Gasteiger partial charge in [0.05, 0.1) is 9.80 Å². The molecule has 0 spiro atoms. The van der Waals surface area contributed by atoms with Crippen LogP contribution in [0, 0.1) is 13.8 Å². The molecule has 3 heteroatoms. The van der Waals surface area contributed by atoms with Gasteiger partial charge in [0.1, 0.15) is 0 Å². The fourth-order valence-electron chi connectivity index (χ4n) is 2.15. The molecule has 20 heavy (non-hydrogen) atoms. The minimum atomic E-state index is -3.48. The monoisotopic (exact) mass is 286 g/mol. The molecule has 0 fully saturated rings. The molecule has 0 aliphatic rings. The fourth-order valence-corrected chi connectivity index (χ4v) is 3.73. The molecule has 0 heterocycles. The van der Waals surface area contributed by atoms with E-state index in [1.807, 2.05) is 50.2 Å². The average molecular weight is 286 g/mol. The number of hydrogen-bond acceptors (Lipinski definition) is 2. The maximum absolute atomic E-state index is 12.8. The summed E-state index contributed by atoms with van der Waals surface area (Å²) in [6.45, 7) is 5.62. The topological polar surface area (TPSA) is 34.1 Å². The van der Waals surface area contributed by atoms with Crippen LogP contribution < -0.4 is 0 Å². The van der Waals surface area contributed by atoms with Gasteiger partial charge in [-0.25, -0.2) is 8.42 Å². The Morgan fingerprint density at radius 1 is 0.950 bits per heavy atom. The van der Waals surface area contributed by atoms with Gasteiger partial charge in [-0.1, -0.05) is 48.0 Å². The zero-order valence-electron chi connectivity index (χ0n) is 11.9. The predicted molar refractivity (Wildman–Crippen MR) is 83.2 cm³/mol. The van der Waals surface area contributed by atoms with E-state index < -0.39 is 9.84 Å². The van der Waals surface area contributed by atoms with Gasteiger partial charge in [-0.3, -0.25) is 0 Å². The number of rotatable bonds is 3. The molecule has 0 saturated carbocycles. The van der Waals surface area contributed by atoms with Crippen molar-refractivity contribution in [2.24, 2.45) is 0 Å². The Labute approximate surface area is 120 Å². The second-order valence-electron chi connectivity index (χ2n) is 4.78. The molecule has 2 rings (SSSR count). The van der Waals surface area contributed by atoms with Crippen molar-refractivity contribution in [3.8, 4) is 0 Å². The van der Waals surface area contributed by atoms with Crippen molar-refractivity contribution in [2.75, 3.05) is 0 Å². The van der Waals surface area contributed by atoms with E-state index in [1.165, 1.54) is 0 Å². The third kappa shape index (κ3) is 2.68. The van der Waals surface area contributed by atoms with Crippen molar-refractivity contribution >= 4 is 14.7 Å². The van der Waals surface area contributed by atoms with Gasteiger partial charge in [0.25, 0.3) is 0 Å². The molecule has 0 N–H and O–H groups in total. The normalized spacial score (nSPS) is 12.4. The van der Waals surface area contributed by atoms with Crippen LogP contribution in [-0.2, 0) is 9.84 Å². The molecule has 0 atom stereocenters. The molecule has 0 aliphatic heterocycles. The quantitative estimate of drug-likeness (QED) is 0.850. The number of hydrogen-bond donors (Lipinski definition) is 0. The van der Waals surface area contributed by atoms with Gasteiger partial charge in [0, 0.05) is 0 Å². The van der Waals surface area contributed by atoms with Gasteiger partial charge in [-0.05, 0) is 44.0 Å². The standard InChI is InChI=1S/C17H18O2S/c1-4-17(16-8-6-5-7-14(16)3)20(18,19)15-11-9-13(2)10-12-15/h4-12H,1-3H3/b17-4-. The Hall–Kier alpha value is -1.87. The zero-order chi connectivity index (χ0) is 14.8. The first-order valence-electron chi connectivity index (χ1n) is 6.51. The van der Waals surface area contributed by atoms with Crippen molar-refractivity contribution in [3.63, 3.8) is 0 Å². The second-order valence-corrected chi connectivity index (χ2v) is 6.70. The number of allylic oxidation sites excluding steroid dienone is 1. The first-order valence-corrected chi connectivity index (χ1v) is 7.99. The van der Waals surface area contributed by atoms with Crippen LogP contribution in [0.15, 0.2) is 59.5 Å². The van der Waals surface area contributed by atoms with Crippen molar-refractivity contribution in [1.82, 2.24) is 0 Å². The highest BCUT2D eigenvalue weighted by Crippen LogP contribution is 2.29. The minimum Gasteiger partial charge on any atom is -0.219 e. The van der Waals surface area contributed by atoms with Crippen molar-refractivity contribution < 1.29 is 8.42 Å². The third-order valence-electron chi connectivity index (χ3n) is 3.29. The molecule has 0 unspecified atom stereocenters. The summed E-state index contributed by atoms with van der Waals surface area (Å²) < 4.78 is 25.5. The summed E-state index contributed by atoms with van der Waals surface area (Å²) in [7, 11) is -3.48. The lowest BCUT2D eigenvalue weighted by Gasteiger charge is -2.12. The van der Waals surface area contributed by atoms with Gasteiger partial charge >= 0.3 is 0 Å². The summed E-state index contributed by atoms with van der Waals surface area (Å²) in [5, 5.41) is 0. The molecule has 0 aromatic heterocycles. The second kappa shape index (κ2) is 5.63. The molecular formula is C17H18O2S. The molecule has 2 nitrogen and oxygen atoms in total. The van der Waals surface area contributed by atoms with Crippen LogP contribution in [0.1, 0.15) is 23.6 Å². The van der Waals surface area contributed by atoms with E-state index in [4.69, 9.17) is 0 Å². The molecular weight excluding hydrogens is 268 g/mol. The van der Waals surface area contributed by atoms with Crippen molar-refractivity contribution in [2.45, 2.75) is 25.7 Å². The largest absolute Gasteiger partial charge is 0.219 e. The lowest BCUT2D eigenvalue weighted by atomic mass is 10.1. The van der Waals surface area contributed by atoms with E-state index in [0.29, 0.717) is 9.80 Å². The lowest BCUT2D eigenvalue weighted by Crippen LogP contribution is -2.05. The molecule has 0 aliphatic carbocycles. The van der Waals surface area contributed by atoms with Gasteiger partial charge in [-0.2, -0.15) is 0 Å². The number of benzene rings is 2. The highest BCUT2D eigenvalue weighted by atomic mass is 32.2. The highest BCUT2D eigenvalue weighted by Gasteiger charge is 2.22. The molecule has 104 valence electrons. The molecule has 0 amide bonds. The Morgan fingerprint density at radius 2 is 1.55 bits per heavy atom. The van der Waals surface area contributed by atoms with Gasteiger partial charge in [-0.15, -0.1) is 0 Å². The van der Waals surface area contributed by atoms with Crippen LogP contribution in [0.2, 0.25) is 0 Å². The lowest BCUT2D eigenvalue weighted by molar-refractivity contribution is 0.606. The predicted octanol–water partition coefficient (Wildman–Crippen LogP) is 4.14. The minimum absolute atomic E-state index is 0.333. The third-order valence-corrected chi connectivity index (χ3v) is 5.22. The summed E-state index contributed by atoms with van der Waals surface area (Å²) in [6.07, 6.45) is 1.66. The molecule has 2 aromatic carbocycles. The maximum Gasteiger partial charge on any atom is 0.206 e. The van der Waals surface area contributed by atoms with Crippen LogP contribution in [-0.4, -0.2) is 8.42 Å². The van der Waals surface area contributed by atoms with Crippen LogP contribution in [0.25, 0.3) is 4.91 Å². The van der Waals surface area contributed by atoms with Crippen LogP contribution in [0.3, 0.4) is 0 Å². The van der Waals surface area contributed by atoms with E-state index in [9.17, 15) is 8.42 Å². The molecule has 0 bridgehead atoms. The van der Waals surface area contributed by atoms with E-state index in [0.717, 1.165) is 16.7 Å². The molecule has 0 saturated heterocycles. The molecule has 0 radical (unpaired) electrons.